The van der Waals surface area contributed by atoms with Gasteiger partial charge in [0.2, 0.25) is 5.13 Å². The summed E-state index contributed by atoms with van der Waals surface area (Å²) in [5.74, 6) is -2.12. The van der Waals surface area contributed by atoms with Crippen molar-refractivity contribution in [2.45, 2.75) is 0 Å². The number of nitrogens with zero attached hydrogens (tertiary/aromatic N) is 2. The van der Waals surface area contributed by atoms with Gasteiger partial charge in [-0.1, -0.05) is 11.3 Å². The minimum Gasteiger partial charge on any atom is -0.478 e. The Balaban J connectivity index is 2.40. The van der Waals surface area contributed by atoms with Crippen molar-refractivity contribution in [3.8, 4) is 0 Å². The quantitative estimate of drug-likeness (QED) is 0.632. The number of carboxylic acids is 1. The first kappa shape index (κ1) is 11.8. The molecule has 0 fully saturated rings. The summed E-state index contributed by atoms with van der Waals surface area (Å²) < 4.78 is 0. The molecular weight excluding hydrogens is 236 g/mol. The largest absolute Gasteiger partial charge is 0.478 e. The van der Waals surface area contributed by atoms with Crippen LogP contribution in [0.25, 0.3) is 0 Å². The number of urea groups is 1. The second-order valence-electron chi connectivity index (χ2n) is 2.36. The molecule has 0 radical (unpaired) electrons. The maximum absolute atomic E-state index is 11.1. The first-order valence-corrected chi connectivity index (χ1v) is 4.75. The Bertz CT molecular complexity index is 428. The molecule has 1 rings (SSSR count). The smallest absolute Gasteiger partial charge is 0.328 e. The monoisotopic (exact) mass is 242 g/mol. The molecule has 0 saturated carbocycles. The molecule has 0 aliphatic rings. The normalized spacial score (nSPS) is 10.0. The van der Waals surface area contributed by atoms with E-state index in [1.807, 2.05) is 5.32 Å². The second kappa shape index (κ2) is 5.56. The van der Waals surface area contributed by atoms with Crippen LogP contribution < -0.4 is 10.6 Å². The topological polar surface area (TPSA) is 121 Å². The summed E-state index contributed by atoms with van der Waals surface area (Å²) >= 11 is 1.08. The third-order valence-electron chi connectivity index (χ3n) is 1.19. The van der Waals surface area contributed by atoms with Crippen LogP contribution in [-0.2, 0) is 9.59 Å². The highest BCUT2D eigenvalue weighted by molar-refractivity contribution is 7.13. The van der Waals surface area contributed by atoms with Crippen molar-refractivity contribution < 1.29 is 19.5 Å². The van der Waals surface area contributed by atoms with Gasteiger partial charge in [0.15, 0.2) is 0 Å². The summed E-state index contributed by atoms with van der Waals surface area (Å²) in [5.41, 5.74) is 1.40. The van der Waals surface area contributed by atoms with Gasteiger partial charge >= 0.3 is 12.0 Å². The molecule has 16 heavy (non-hydrogen) atoms. The molecule has 3 amide bonds. The number of anilines is 1. The van der Waals surface area contributed by atoms with Crippen molar-refractivity contribution in [3.05, 3.63) is 17.7 Å². The minimum atomic E-state index is -1.28. The third kappa shape index (κ3) is 4.28. The van der Waals surface area contributed by atoms with E-state index in [0.29, 0.717) is 6.08 Å². The second-order valence-corrected chi connectivity index (χ2v) is 3.19. The Morgan fingerprint density at radius 1 is 1.38 bits per heavy atom. The Labute approximate surface area is 93.0 Å². The molecule has 8 nitrogen and oxygen atoms in total. The molecule has 0 unspecified atom stereocenters. The number of aromatic nitrogens is 2. The third-order valence-corrected chi connectivity index (χ3v) is 1.80. The maximum atomic E-state index is 11.1. The Morgan fingerprint density at radius 3 is 2.69 bits per heavy atom. The zero-order chi connectivity index (χ0) is 12.0. The van der Waals surface area contributed by atoms with Crippen LogP contribution in [0, 0.1) is 0 Å². The Morgan fingerprint density at radius 2 is 2.12 bits per heavy atom. The summed E-state index contributed by atoms with van der Waals surface area (Å²) in [7, 11) is 0. The van der Waals surface area contributed by atoms with E-state index in [2.05, 4.69) is 15.5 Å². The average molecular weight is 242 g/mol. The van der Waals surface area contributed by atoms with Crippen LogP contribution in [0.3, 0.4) is 0 Å². The zero-order valence-corrected chi connectivity index (χ0v) is 8.52. The maximum Gasteiger partial charge on any atom is 0.328 e. The van der Waals surface area contributed by atoms with E-state index in [4.69, 9.17) is 5.11 Å². The van der Waals surface area contributed by atoms with Gasteiger partial charge in [-0.2, -0.15) is 0 Å². The number of aliphatic carboxylic acids is 1. The molecule has 3 N–H and O–H groups in total. The molecule has 0 atom stereocenters. The van der Waals surface area contributed by atoms with E-state index >= 15 is 0 Å². The summed E-state index contributed by atoms with van der Waals surface area (Å²) in [5, 5.41) is 19.5. The van der Waals surface area contributed by atoms with Crippen molar-refractivity contribution in [3.63, 3.8) is 0 Å². The van der Waals surface area contributed by atoms with Crippen LogP contribution in [-0.4, -0.2) is 33.2 Å². The molecule has 0 aliphatic heterocycles. The minimum absolute atomic E-state index is 0.229. The highest BCUT2D eigenvalue weighted by Crippen LogP contribution is 2.06. The molecule has 0 aliphatic carbocycles. The molecule has 1 heterocycles. The molecule has 84 valence electrons. The number of hydrogen-bond acceptors (Lipinski definition) is 6. The molecule has 0 saturated heterocycles. The van der Waals surface area contributed by atoms with E-state index in [1.165, 1.54) is 5.51 Å². The van der Waals surface area contributed by atoms with E-state index in [0.717, 1.165) is 17.4 Å². The van der Waals surface area contributed by atoms with Gasteiger partial charge in [-0.3, -0.25) is 15.4 Å². The fraction of sp³-hybridized carbons (Fsp3) is 0. The average Bonchev–Trinajstić information content (AvgIpc) is 2.67. The van der Waals surface area contributed by atoms with Gasteiger partial charge in [-0.05, 0) is 0 Å². The number of imide groups is 1. The lowest BCUT2D eigenvalue weighted by atomic mass is 10.5. The van der Waals surface area contributed by atoms with Crippen molar-refractivity contribution in [2.24, 2.45) is 0 Å². The molecule has 0 spiro atoms. The number of rotatable bonds is 3. The zero-order valence-electron chi connectivity index (χ0n) is 7.71. The number of carbonyl (C=O) groups excluding carboxylic acids is 2. The predicted molar refractivity (Wildman–Crippen MR) is 53.8 cm³/mol. The summed E-state index contributed by atoms with van der Waals surface area (Å²) in [6.07, 6.45) is 1.34. The number of nitrogens with one attached hydrogen (secondary N) is 2. The Kier molecular flexibility index (Phi) is 4.09. The van der Waals surface area contributed by atoms with Crippen LogP contribution in [0.4, 0.5) is 9.93 Å². The van der Waals surface area contributed by atoms with Crippen LogP contribution in [0.2, 0.25) is 0 Å². The van der Waals surface area contributed by atoms with Crippen LogP contribution in [0.15, 0.2) is 17.7 Å². The van der Waals surface area contributed by atoms with Gasteiger partial charge in [0, 0.05) is 12.2 Å². The lowest BCUT2D eigenvalue weighted by Gasteiger charge is -1.99. The fourth-order valence-electron chi connectivity index (χ4n) is 0.656. The molecule has 1 aromatic heterocycles. The lowest BCUT2D eigenvalue weighted by Crippen LogP contribution is -2.33. The Hall–Kier alpha value is -2.29. The molecule has 1 aromatic rings. The lowest BCUT2D eigenvalue weighted by molar-refractivity contribution is -0.131. The van der Waals surface area contributed by atoms with Crippen molar-refractivity contribution in [1.29, 1.82) is 0 Å². The van der Waals surface area contributed by atoms with Gasteiger partial charge in [-0.15, -0.1) is 10.2 Å². The highest BCUT2D eigenvalue weighted by atomic mass is 32.1. The molecule has 0 bridgehead atoms. The standard InChI is InChI=1S/C7H6N4O4S/c12-4(1-2-5(13)14)9-6(15)10-7-11-8-3-16-7/h1-3H,(H,13,14)(H2,9,10,11,12,15)/b2-1+. The van der Waals surface area contributed by atoms with E-state index in [-0.39, 0.29) is 5.13 Å². The number of amides is 3. The number of carbonyl (C=O) groups is 3. The number of hydrogen-bond donors (Lipinski definition) is 3. The van der Waals surface area contributed by atoms with E-state index in [9.17, 15) is 14.4 Å². The van der Waals surface area contributed by atoms with Gasteiger partial charge < -0.3 is 5.11 Å². The molecule has 0 aromatic carbocycles. The van der Waals surface area contributed by atoms with Gasteiger partial charge in [0.05, 0.1) is 0 Å². The first-order chi connectivity index (χ1) is 7.58. The van der Waals surface area contributed by atoms with Crippen LogP contribution in [0.1, 0.15) is 0 Å². The van der Waals surface area contributed by atoms with Crippen LogP contribution >= 0.6 is 11.3 Å². The first-order valence-electron chi connectivity index (χ1n) is 3.87. The summed E-state index contributed by atoms with van der Waals surface area (Å²) in [4.78, 5) is 32.1. The van der Waals surface area contributed by atoms with Gasteiger partial charge in [0.25, 0.3) is 5.91 Å². The van der Waals surface area contributed by atoms with Gasteiger partial charge in [0.1, 0.15) is 5.51 Å². The summed E-state index contributed by atoms with van der Waals surface area (Å²) in [6.45, 7) is 0. The fourth-order valence-corrected chi connectivity index (χ4v) is 1.10. The number of carboxylic acid groups (broad SMARTS) is 1. The molecule has 9 heteroatoms. The van der Waals surface area contributed by atoms with Gasteiger partial charge in [-0.25, -0.2) is 9.59 Å². The summed E-state index contributed by atoms with van der Waals surface area (Å²) in [6, 6.07) is -0.809. The van der Waals surface area contributed by atoms with Crippen molar-refractivity contribution in [1.82, 2.24) is 15.5 Å². The molecular formula is C7H6N4O4S. The van der Waals surface area contributed by atoms with Crippen molar-refractivity contribution >= 4 is 34.4 Å². The van der Waals surface area contributed by atoms with E-state index < -0.39 is 17.9 Å². The predicted octanol–water partition coefficient (Wildman–Crippen LogP) is -0.173. The van der Waals surface area contributed by atoms with Crippen molar-refractivity contribution in [2.75, 3.05) is 5.32 Å². The SMILES string of the molecule is O=C(O)/C=C/C(=O)NC(=O)Nc1nncs1. The van der Waals surface area contributed by atoms with E-state index in [1.54, 1.807) is 0 Å². The van der Waals surface area contributed by atoms with Crippen LogP contribution in [0.5, 0.6) is 0 Å². The highest BCUT2D eigenvalue weighted by Gasteiger charge is 2.06.